The Labute approximate surface area is 132 Å². The normalized spacial score (nSPS) is 24.6. The van der Waals surface area contributed by atoms with Gasteiger partial charge in [0.2, 0.25) is 0 Å². The molecular weight excluding hydrogens is 286 g/mol. The molecular formula is C16H29NO5. The Morgan fingerprint density at radius 1 is 1.32 bits per heavy atom. The summed E-state index contributed by atoms with van der Waals surface area (Å²) in [6.45, 7) is 13.0. The molecule has 0 radical (unpaired) electrons. The van der Waals surface area contributed by atoms with Crippen LogP contribution in [0.15, 0.2) is 0 Å². The topological polar surface area (TPSA) is 76.1 Å². The monoisotopic (exact) mass is 315 g/mol. The number of ether oxygens (including phenoxy) is 2. The zero-order chi connectivity index (χ0) is 17.3. The number of hydrogen-bond acceptors (Lipinski definition) is 4. The minimum atomic E-state index is -0.930. The van der Waals surface area contributed by atoms with Gasteiger partial charge in [-0.1, -0.05) is 13.8 Å². The number of carboxylic acid groups (broad SMARTS) is 1. The number of carbonyl (C=O) groups excluding carboxylic acids is 1. The van der Waals surface area contributed by atoms with Gasteiger partial charge in [0.05, 0.1) is 18.6 Å². The molecule has 1 rings (SSSR count). The van der Waals surface area contributed by atoms with Crippen molar-refractivity contribution in [2.45, 2.75) is 84.8 Å². The summed E-state index contributed by atoms with van der Waals surface area (Å²) in [5.74, 6) is -0.621. The maximum atomic E-state index is 12.6. The Bertz CT molecular complexity index is 425. The molecule has 1 aliphatic rings. The average Bonchev–Trinajstić information content (AvgIpc) is 2.44. The van der Waals surface area contributed by atoms with Crippen LogP contribution in [0.2, 0.25) is 0 Å². The summed E-state index contributed by atoms with van der Waals surface area (Å²) in [5, 5.41) is 9.09. The van der Waals surface area contributed by atoms with Gasteiger partial charge < -0.3 is 14.6 Å². The van der Waals surface area contributed by atoms with E-state index in [0.29, 0.717) is 12.3 Å². The molecule has 6 heteroatoms. The molecule has 1 saturated heterocycles. The van der Waals surface area contributed by atoms with E-state index in [2.05, 4.69) is 0 Å². The highest BCUT2D eigenvalue weighted by molar-refractivity contribution is 5.71. The fourth-order valence-electron chi connectivity index (χ4n) is 2.83. The molecule has 0 bridgehead atoms. The van der Waals surface area contributed by atoms with Crippen LogP contribution in [0.5, 0.6) is 0 Å². The Morgan fingerprint density at radius 2 is 1.86 bits per heavy atom. The zero-order valence-corrected chi connectivity index (χ0v) is 14.7. The van der Waals surface area contributed by atoms with E-state index in [1.165, 1.54) is 0 Å². The predicted molar refractivity (Wildman–Crippen MR) is 82.5 cm³/mol. The third kappa shape index (κ3) is 4.87. The predicted octanol–water partition coefficient (Wildman–Crippen LogP) is 3.25. The molecule has 0 aliphatic carbocycles. The second kappa shape index (κ2) is 6.44. The molecule has 0 saturated carbocycles. The molecule has 1 fully saturated rings. The highest BCUT2D eigenvalue weighted by Crippen LogP contribution is 2.37. The van der Waals surface area contributed by atoms with E-state index < -0.39 is 29.5 Å². The van der Waals surface area contributed by atoms with Gasteiger partial charge in [0, 0.05) is 0 Å². The lowest BCUT2D eigenvalue weighted by atomic mass is 9.96. The van der Waals surface area contributed by atoms with Crippen LogP contribution in [0.3, 0.4) is 0 Å². The van der Waals surface area contributed by atoms with Gasteiger partial charge in [-0.15, -0.1) is 0 Å². The number of hydrogen-bond donors (Lipinski definition) is 1. The Morgan fingerprint density at radius 3 is 2.27 bits per heavy atom. The van der Waals surface area contributed by atoms with Gasteiger partial charge in [-0.25, -0.2) is 4.79 Å². The van der Waals surface area contributed by atoms with E-state index in [-0.39, 0.29) is 12.5 Å². The van der Waals surface area contributed by atoms with Crippen LogP contribution in [-0.2, 0) is 14.3 Å². The van der Waals surface area contributed by atoms with E-state index in [4.69, 9.17) is 14.6 Å². The molecule has 0 aromatic rings. The lowest BCUT2D eigenvalue weighted by molar-refractivity contribution is -0.141. The van der Waals surface area contributed by atoms with Crippen molar-refractivity contribution in [3.8, 4) is 0 Å². The van der Waals surface area contributed by atoms with E-state index in [9.17, 15) is 9.59 Å². The molecule has 128 valence electrons. The van der Waals surface area contributed by atoms with Gasteiger partial charge in [0.1, 0.15) is 11.3 Å². The van der Waals surface area contributed by atoms with Crippen molar-refractivity contribution in [2.24, 2.45) is 5.92 Å². The number of amides is 1. The highest BCUT2D eigenvalue weighted by atomic mass is 16.6. The first kappa shape index (κ1) is 18.7. The summed E-state index contributed by atoms with van der Waals surface area (Å²) in [5.41, 5.74) is -1.50. The van der Waals surface area contributed by atoms with E-state index >= 15 is 0 Å². The molecule has 1 N–H and O–H groups in total. The molecule has 0 aromatic heterocycles. The van der Waals surface area contributed by atoms with Crippen LogP contribution >= 0.6 is 0 Å². The molecule has 1 heterocycles. The van der Waals surface area contributed by atoms with Crippen molar-refractivity contribution in [1.82, 2.24) is 4.90 Å². The van der Waals surface area contributed by atoms with Gasteiger partial charge in [0.25, 0.3) is 0 Å². The van der Waals surface area contributed by atoms with Crippen molar-refractivity contribution in [3.63, 3.8) is 0 Å². The van der Waals surface area contributed by atoms with Crippen LogP contribution in [-0.4, -0.2) is 45.5 Å². The van der Waals surface area contributed by atoms with E-state index in [1.807, 2.05) is 13.8 Å². The quantitative estimate of drug-likeness (QED) is 0.862. The van der Waals surface area contributed by atoms with Crippen LogP contribution in [0.4, 0.5) is 4.79 Å². The second-order valence-corrected chi connectivity index (χ2v) is 7.75. The molecule has 1 amide bonds. The van der Waals surface area contributed by atoms with Crippen LogP contribution in [0, 0.1) is 5.92 Å². The molecule has 2 atom stereocenters. The minimum absolute atomic E-state index is 0.125. The van der Waals surface area contributed by atoms with Crippen molar-refractivity contribution in [2.75, 3.05) is 0 Å². The smallest absolute Gasteiger partial charge is 0.412 e. The summed E-state index contributed by atoms with van der Waals surface area (Å²) in [6, 6.07) is -0.305. The van der Waals surface area contributed by atoms with Crippen molar-refractivity contribution >= 4 is 12.1 Å². The number of aliphatic carboxylic acids is 1. The van der Waals surface area contributed by atoms with Gasteiger partial charge in [0.15, 0.2) is 0 Å². The van der Waals surface area contributed by atoms with Crippen molar-refractivity contribution in [3.05, 3.63) is 0 Å². The standard InChI is InChI=1S/C16H29NO5/c1-10(2)8-11-12(9-13(18)19)21-16(6,7)17(11)14(20)22-15(3,4)5/h10-12H,8-9H2,1-7H3,(H,18,19)/t11-,12-/m0/s1. The largest absolute Gasteiger partial charge is 0.481 e. The number of nitrogens with zero attached hydrogens (tertiary/aromatic N) is 1. The van der Waals surface area contributed by atoms with Gasteiger partial charge >= 0.3 is 12.1 Å². The molecule has 22 heavy (non-hydrogen) atoms. The van der Waals surface area contributed by atoms with Crippen molar-refractivity contribution in [1.29, 1.82) is 0 Å². The minimum Gasteiger partial charge on any atom is -0.481 e. The summed E-state index contributed by atoms with van der Waals surface area (Å²) >= 11 is 0. The first-order chi connectivity index (χ1) is 9.83. The molecule has 6 nitrogen and oxygen atoms in total. The SMILES string of the molecule is CC(C)C[C@H]1[C@H](CC(=O)O)OC(C)(C)N1C(=O)OC(C)(C)C. The van der Waals surface area contributed by atoms with E-state index in [0.717, 1.165) is 0 Å². The molecule has 0 unspecified atom stereocenters. The molecule has 0 spiro atoms. The Kier molecular flexibility index (Phi) is 5.49. The number of carboxylic acids is 1. The fraction of sp³-hybridized carbons (Fsp3) is 0.875. The number of rotatable bonds is 4. The van der Waals surface area contributed by atoms with E-state index in [1.54, 1.807) is 39.5 Å². The van der Waals surface area contributed by atoms with Crippen LogP contribution in [0.1, 0.15) is 61.3 Å². The van der Waals surface area contributed by atoms with Gasteiger partial charge in [-0.2, -0.15) is 0 Å². The van der Waals surface area contributed by atoms with Crippen LogP contribution < -0.4 is 0 Å². The maximum Gasteiger partial charge on any atom is 0.412 e. The average molecular weight is 315 g/mol. The first-order valence-electron chi connectivity index (χ1n) is 7.75. The fourth-order valence-corrected chi connectivity index (χ4v) is 2.83. The lowest BCUT2D eigenvalue weighted by Gasteiger charge is -2.35. The highest BCUT2D eigenvalue weighted by Gasteiger charge is 2.51. The Balaban J connectivity index is 3.07. The summed E-state index contributed by atoms with van der Waals surface area (Å²) < 4.78 is 11.3. The molecule has 0 aromatic carbocycles. The van der Waals surface area contributed by atoms with Gasteiger partial charge in [-0.05, 0) is 47.0 Å². The molecule has 1 aliphatic heterocycles. The maximum absolute atomic E-state index is 12.6. The Hall–Kier alpha value is -1.30. The first-order valence-corrected chi connectivity index (χ1v) is 7.75. The third-order valence-electron chi connectivity index (χ3n) is 3.46. The zero-order valence-electron chi connectivity index (χ0n) is 14.7. The second-order valence-electron chi connectivity index (χ2n) is 7.75. The third-order valence-corrected chi connectivity index (χ3v) is 3.46. The van der Waals surface area contributed by atoms with Crippen molar-refractivity contribution < 1.29 is 24.2 Å². The number of carbonyl (C=O) groups is 2. The summed E-state index contributed by atoms with van der Waals surface area (Å²) in [6.07, 6.45) is -0.445. The summed E-state index contributed by atoms with van der Waals surface area (Å²) in [4.78, 5) is 25.2. The van der Waals surface area contributed by atoms with Crippen LogP contribution in [0.25, 0.3) is 0 Å². The lowest BCUT2D eigenvalue weighted by Crippen LogP contribution is -2.50. The summed E-state index contributed by atoms with van der Waals surface area (Å²) in [7, 11) is 0. The van der Waals surface area contributed by atoms with Gasteiger partial charge in [-0.3, -0.25) is 9.69 Å².